The zero-order valence-corrected chi connectivity index (χ0v) is 12.8. The molecular formula is C16H14BrNO3. The first-order chi connectivity index (χ1) is 10.1. The summed E-state index contributed by atoms with van der Waals surface area (Å²) in [5.74, 6) is -0.515. The van der Waals surface area contributed by atoms with Gasteiger partial charge in [0.05, 0.1) is 5.92 Å². The summed E-state index contributed by atoms with van der Waals surface area (Å²) in [5.41, 5.74) is 1.37. The molecule has 2 rings (SSSR count). The van der Waals surface area contributed by atoms with Crippen LogP contribution in [0.3, 0.4) is 0 Å². The van der Waals surface area contributed by atoms with Gasteiger partial charge in [-0.1, -0.05) is 64.5 Å². The van der Waals surface area contributed by atoms with Gasteiger partial charge in [-0.15, -0.1) is 0 Å². The molecule has 0 aliphatic rings. The van der Waals surface area contributed by atoms with E-state index >= 15 is 0 Å². The summed E-state index contributed by atoms with van der Waals surface area (Å²) in [6.45, 7) is -0.250. The van der Waals surface area contributed by atoms with E-state index in [0.29, 0.717) is 10.0 Å². The number of hydrogen-bond acceptors (Lipinski definition) is 3. The second-order valence-corrected chi connectivity index (χ2v) is 5.58. The van der Waals surface area contributed by atoms with Crippen LogP contribution in [0.4, 0.5) is 0 Å². The Labute approximate surface area is 131 Å². The van der Waals surface area contributed by atoms with Gasteiger partial charge in [0, 0.05) is 21.4 Å². The van der Waals surface area contributed by atoms with E-state index in [4.69, 9.17) is 0 Å². The third kappa shape index (κ3) is 4.23. The standard InChI is InChI=1S/C16H14BrNO3/c17-15-9-5-4-8-14(15)16(19)10-13(11-18(20)21)12-6-2-1-3-7-12/h1-9,13H,10-11H2/t13-/m1/s1. The summed E-state index contributed by atoms with van der Waals surface area (Å²) in [4.78, 5) is 22.9. The summed E-state index contributed by atoms with van der Waals surface area (Å²) in [7, 11) is 0. The Morgan fingerprint density at radius 2 is 1.71 bits per heavy atom. The maximum absolute atomic E-state index is 12.4. The van der Waals surface area contributed by atoms with Crippen LogP contribution in [0.1, 0.15) is 28.3 Å². The molecule has 4 nitrogen and oxygen atoms in total. The Balaban J connectivity index is 2.21. The number of rotatable bonds is 6. The molecule has 0 saturated heterocycles. The Morgan fingerprint density at radius 1 is 1.10 bits per heavy atom. The van der Waals surface area contributed by atoms with Crippen LogP contribution in [0.15, 0.2) is 59.1 Å². The highest BCUT2D eigenvalue weighted by Crippen LogP contribution is 2.25. The topological polar surface area (TPSA) is 60.2 Å². The molecule has 21 heavy (non-hydrogen) atoms. The van der Waals surface area contributed by atoms with Gasteiger partial charge in [0.2, 0.25) is 6.54 Å². The molecule has 0 heterocycles. The minimum atomic E-state index is -0.416. The van der Waals surface area contributed by atoms with Crippen molar-refractivity contribution < 1.29 is 9.72 Å². The van der Waals surface area contributed by atoms with Crippen molar-refractivity contribution in [3.05, 3.63) is 80.3 Å². The lowest BCUT2D eigenvalue weighted by Crippen LogP contribution is -2.16. The van der Waals surface area contributed by atoms with E-state index in [9.17, 15) is 14.9 Å². The summed E-state index contributed by atoms with van der Waals surface area (Å²) in [6, 6.07) is 16.3. The van der Waals surface area contributed by atoms with Gasteiger partial charge in [0.25, 0.3) is 0 Å². The smallest absolute Gasteiger partial charge is 0.211 e. The van der Waals surface area contributed by atoms with Gasteiger partial charge in [0.15, 0.2) is 5.78 Å². The minimum absolute atomic E-state index is 0.0989. The molecule has 0 unspecified atom stereocenters. The molecular weight excluding hydrogens is 334 g/mol. The van der Waals surface area contributed by atoms with E-state index in [1.165, 1.54) is 0 Å². The van der Waals surface area contributed by atoms with Crippen molar-refractivity contribution in [1.82, 2.24) is 0 Å². The molecule has 2 aromatic rings. The first-order valence-corrected chi connectivity index (χ1v) is 7.31. The SMILES string of the molecule is O=C(C[C@H](C[N+](=O)[O-])c1ccccc1)c1ccccc1Br. The van der Waals surface area contributed by atoms with Gasteiger partial charge in [-0.3, -0.25) is 14.9 Å². The first kappa shape index (κ1) is 15.4. The predicted octanol–water partition coefficient (Wildman–Crippen LogP) is 4.08. The number of hydrogen-bond donors (Lipinski definition) is 0. The third-order valence-corrected chi connectivity index (χ3v) is 3.94. The van der Waals surface area contributed by atoms with Crippen LogP contribution >= 0.6 is 15.9 Å². The van der Waals surface area contributed by atoms with Gasteiger partial charge < -0.3 is 0 Å². The largest absolute Gasteiger partial charge is 0.294 e. The fraction of sp³-hybridized carbons (Fsp3) is 0.188. The van der Waals surface area contributed by atoms with Crippen molar-refractivity contribution in [2.45, 2.75) is 12.3 Å². The predicted molar refractivity (Wildman–Crippen MR) is 84.1 cm³/mol. The first-order valence-electron chi connectivity index (χ1n) is 6.52. The van der Waals surface area contributed by atoms with E-state index in [0.717, 1.165) is 5.56 Å². The number of benzene rings is 2. The highest BCUT2D eigenvalue weighted by Gasteiger charge is 2.22. The number of halogens is 1. The molecule has 0 fully saturated rings. The molecule has 0 aromatic heterocycles. The highest BCUT2D eigenvalue weighted by atomic mass is 79.9. The van der Waals surface area contributed by atoms with Gasteiger partial charge in [-0.2, -0.15) is 0 Å². The average molecular weight is 348 g/mol. The van der Waals surface area contributed by atoms with Crippen LogP contribution in [-0.4, -0.2) is 17.3 Å². The van der Waals surface area contributed by atoms with Gasteiger partial charge in [0.1, 0.15) is 0 Å². The van der Waals surface area contributed by atoms with Crippen LogP contribution < -0.4 is 0 Å². The van der Waals surface area contributed by atoms with E-state index in [-0.39, 0.29) is 23.7 Å². The van der Waals surface area contributed by atoms with Crippen molar-refractivity contribution in [2.75, 3.05) is 6.54 Å². The summed E-state index contributed by atoms with van der Waals surface area (Å²) in [6.07, 6.45) is 0.119. The number of carbonyl (C=O) groups excluding carboxylic acids is 1. The normalized spacial score (nSPS) is 11.9. The molecule has 0 N–H and O–H groups in total. The fourth-order valence-electron chi connectivity index (χ4n) is 2.21. The van der Waals surface area contributed by atoms with Crippen molar-refractivity contribution in [3.63, 3.8) is 0 Å². The molecule has 0 amide bonds. The van der Waals surface area contributed by atoms with E-state index in [1.54, 1.807) is 18.2 Å². The number of ketones is 1. The van der Waals surface area contributed by atoms with Crippen molar-refractivity contribution in [3.8, 4) is 0 Å². The number of carbonyl (C=O) groups is 1. The molecule has 0 radical (unpaired) electrons. The maximum Gasteiger partial charge on any atom is 0.211 e. The number of Topliss-reactive ketones (excluding diaryl/α,β-unsaturated/α-hetero) is 1. The monoisotopic (exact) mass is 347 g/mol. The number of nitro groups is 1. The second-order valence-electron chi connectivity index (χ2n) is 4.73. The second kappa shape index (κ2) is 7.13. The summed E-state index contributed by atoms with van der Waals surface area (Å²) < 4.78 is 0.711. The molecule has 1 atom stereocenters. The Bertz CT molecular complexity index is 643. The van der Waals surface area contributed by atoms with Crippen LogP contribution in [0.5, 0.6) is 0 Å². The maximum atomic E-state index is 12.4. The molecule has 5 heteroatoms. The van der Waals surface area contributed by atoms with Crippen LogP contribution in [-0.2, 0) is 0 Å². The van der Waals surface area contributed by atoms with E-state index in [1.807, 2.05) is 36.4 Å². The lowest BCUT2D eigenvalue weighted by molar-refractivity contribution is -0.483. The van der Waals surface area contributed by atoms with Crippen molar-refractivity contribution >= 4 is 21.7 Å². The molecule has 0 aliphatic carbocycles. The molecule has 0 saturated carbocycles. The Kier molecular flexibility index (Phi) is 5.22. The Hall–Kier alpha value is -2.01. The van der Waals surface area contributed by atoms with E-state index in [2.05, 4.69) is 15.9 Å². The zero-order valence-electron chi connectivity index (χ0n) is 11.2. The molecule has 0 spiro atoms. The van der Waals surface area contributed by atoms with Gasteiger partial charge in [-0.05, 0) is 11.6 Å². The van der Waals surface area contributed by atoms with E-state index < -0.39 is 5.92 Å². The third-order valence-electron chi connectivity index (χ3n) is 3.25. The van der Waals surface area contributed by atoms with Crippen LogP contribution in [0.2, 0.25) is 0 Å². The summed E-state index contributed by atoms with van der Waals surface area (Å²) >= 11 is 3.34. The Morgan fingerprint density at radius 3 is 2.33 bits per heavy atom. The van der Waals surface area contributed by atoms with Crippen LogP contribution in [0, 0.1) is 10.1 Å². The van der Waals surface area contributed by atoms with Crippen molar-refractivity contribution in [1.29, 1.82) is 0 Å². The average Bonchev–Trinajstić information content (AvgIpc) is 2.47. The molecule has 0 aliphatic heterocycles. The molecule has 2 aromatic carbocycles. The highest BCUT2D eigenvalue weighted by molar-refractivity contribution is 9.10. The zero-order chi connectivity index (χ0) is 15.2. The molecule has 0 bridgehead atoms. The lowest BCUT2D eigenvalue weighted by atomic mass is 9.91. The van der Waals surface area contributed by atoms with Crippen molar-refractivity contribution in [2.24, 2.45) is 0 Å². The van der Waals surface area contributed by atoms with Gasteiger partial charge in [-0.25, -0.2) is 0 Å². The fourth-order valence-corrected chi connectivity index (χ4v) is 2.72. The molecule has 108 valence electrons. The summed E-state index contributed by atoms with van der Waals surface area (Å²) in [5, 5.41) is 10.9. The minimum Gasteiger partial charge on any atom is -0.294 e. The lowest BCUT2D eigenvalue weighted by Gasteiger charge is -2.13. The quantitative estimate of drug-likeness (QED) is 0.449. The number of nitrogens with zero attached hydrogens (tertiary/aromatic N) is 1. The van der Waals surface area contributed by atoms with Crippen LogP contribution in [0.25, 0.3) is 0 Å². The van der Waals surface area contributed by atoms with Gasteiger partial charge >= 0.3 is 0 Å².